The van der Waals surface area contributed by atoms with Gasteiger partial charge in [0, 0.05) is 24.0 Å². The van der Waals surface area contributed by atoms with Crippen molar-refractivity contribution in [3.05, 3.63) is 46.5 Å². The van der Waals surface area contributed by atoms with E-state index in [1.54, 1.807) is 23.1 Å². The van der Waals surface area contributed by atoms with E-state index in [-0.39, 0.29) is 0 Å². The van der Waals surface area contributed by atoms with Crippen molar-refractivity contribution in [1.29, 1.82) is 0 Å². The van der Waals surface area contributed by atoms with Crippen molar-refractivity contribution < 1.29 is 5.11 Å². The molecule has 0 aliphatic carbocycles. The first-order chi connectivity index (χ1) is 9.50. The van der Waals surface area contributed by atoms with Crippen molar-refractivity contribution in [2.45, 2.75) is 19.6 Å². The van der Waals surface area contributed by atoms with Crippen LogP contribution in [0.15, 0.2) is 24.5 Å². The summed E-state index contributed by atoms with van der Waals surface area (Å²) in [6, 6.07) is 3.66. The molecule has 0 radical (unpaired) electrons. The van der Waals surface area contributed by atoms with Crippen LogP contribution in [-0.4, -0.2) is 45.4 Å². The molecule has 108 valence electrons. The van der Waals surface area contributed by atoms with E-state index in [1.165, 1.54) is 0 Å². The van der Waals surface area contributed by atoms with Gasteiger partial charge in [-0.3, -0.25) is 9.67 Å². The summed E-state index contributed by atoms with van der Waals surface area (Å²) in [5.74, 6) is 0. The van der Waals surface area contributed by atoms with Crippen LogP contribution < -0.4 is 0 Å². The van der Waals surface area contributed by atoms with Crippen molar-refractivity contribution in [2.24, 2.45) is 0 Å². The summed E-state index contributed by atoms with van der Waals surface area (Å²) >= 11 is 6.18. The van der Waals surface area contributed by atoms with Crippen molar-refractivity contribution >= 4 is 11.6 Å². The van der Waals surface area contributed by atoms with E-state index in [1.807, 2.05) is 27.1 Å². The highest BCUT2D eigenvalue weighted by atomic mass is 35.5. The molecule has 0 saturated heterocycles. The number of halogens is 1. The molecule has 0 aromatic carbocycles. The number of hydrogen-bond donors (Lipinski definition) is 1. The highest BCUT2D eigenvalue weighted by Gasteiger charge is 2.21. The first kappa shape index (κ1) is 15.0. The highest BCUT2D eigenvalue weighted by molar-refractivity contribution is 6.31. The second kappa shape index (κ2) is 6.35. The van der Waals surface area contributed by atoms with Gasteiger partial charge >= 0.3 is 0 Å². The Morgan fingerprint density at radius 1 is 1.45 bits per heavy atom. The smallest absolute Gasteiger partial charge is 0.124 e. The Morgan fingerprint density at radius 2 is 2.20 bits per heavy atom. The van der Waals surface area contributed by atoms with E-state index in [0.717, 1.165) is 17.8 Å². The summed E-state index contributed by atoms with van der Waals surface area (Å²) in [4.78, 5) is 6.26. The molecule has 1 N–H and O–H groups in total. The normalized spacial score (nSPS) is 12.9. The molecule has 2 heterocycles. The van der Waals surface area contributed by atoms with E-state index in [9.17, 15) is 5.11 Å². The van der Waals surface area contributed by atoms with Crippen LogP contribution in [0.4, 0.5) is 0 Å². The Balaban J connectivity index is 2.32. The molecule has 1 unspecified atom stereocenters. The topological polar surface area (TPSA) is 54.2 Å². The SMILES string of the molecule is Cc1ncccc1C(O)c1c(Cl)cnn1CCN(C)C. The molecule has 2 rings (SSSR count). The second-order valence-corrected chi connectivity index (χ2v) is 5.39. The Hall–Kier alpha value is -1.43. The average Bonchev–Trinajstić information content (AvgIpc) is 2.77. The van der Waals surface area contributed by atoms with Crippen LogP contribution in [0.2, 0.25) is 5.02 Å². The third kappa shape index (κ3) is 3.17. The molecule has 0 aliphatic rings. The molecule has 6 heteroatoms. The fraction of sp³-hybridized carbons (Fsp3) is 0.429. The Morgan fingerprint density at radius 3 is 2.85 bits per heavy atom. The van der Waals surface area contributed by atoms with Crippen LogP contribution in [-0.2, 0) is 6.54 Å². The summed E-state index contributed by atoms with van der Waals surface area (Å²) in [7, 11) is 3.99. The van der Waals surface area contributed by atoms with Gasteiger partial charge in [0.2, 0.25) is 0 Å². The van der Waals surface area contributed by atoms with Gasteiger partial charge in [0.15, 0.2) is 0 Å². The zero-order chi connectivity index (χ0) is 14.7. The molecule has 0 fully saturated rings. The van der Waals surface area contributed by atoms with Crippen molar-refractivity contribution in [2.75, 3.05) is 20.6 Å². The molecule has 5 nitrogen and oxygen atoms in total. The molecule has 0 spiro atoms. The molecule has 2 aromatic rings. The number of nitrogens with zero attached hydrogens (tertiary/aromatic N) is 4. The summed E-state index contributed by atoms with van der Waals surface area (Å²) < 4.78 is 1.75. The predicted molar refractivity (Wildman–Crippen MR) is 78.8 cm³/mol. The van der Waals surface area contributed by atoms with Crippen LogP contribution in [0.25, 0.3) is 0 Å². The van der Waals surface area contributed by atoms with E-state index in [4.69, 9.17) is 11.6 Å². The second-order valence-electron chi connectivity index (χ2n) is 4.98. The maximum absolute atomic E-state index is 10.6. The van der Waals surface area contributed by atoms with Crippen molar-refractivity contribution in [3.63, 3.8) is 0 Å². The minimum atomic E-state index is -0.819. The van der Waals surface area contributed by atoms with Gasteiger partial charge in [-0.05, 0) is 27.1 Å². The first-order valence-corrected chi connectivity index (χ1v) is 6.84. The third-order valence-electron chi connectivity index (χ3n) is 3.19. The maximum Gasteiger partial charge on any atom is 0.124 e. The van der Waals surface area contributed by atoms with Crippen molar-refractivity contribution in [3.8, 4) is 0 Å². The summed E-state index contributed by atoms with van der Waals surface area (Å²) in [6.45, 7) is 3.36. The minimum Gasteiger partial charge on any atom is -0.382 e. The highest BCUT2D eigenvalue weighted by Crippen LogP contribution is 2.29. The first-order valence-electron chi connectivity index (χ1n) is 6.46. The third-order valence-corrected chi connectivity index (χ3v) is 3.48. The van der Waals surface area contributed by atoms with Crippen LogP contribution in [0.3, 0.4) is 0 Å². The zero-order valence-corrected chi connectivity index (χ0v) is 12.7. The number of hydrogen-bond acceptors (Lipinski definition) is 4. The number of rotatable bonds is 5. The molecule has 0 bridgehead atoms. The van der Waals surface area contributed by atoms with Crippen molar-refractivity contribution in [1.82, 2.24) is 19.7 Å². The standard InChI is InChI=1S/C14H19ClN4O/c1-10-11(5-4-6-16-10)14(20)13-12(15)9-17-19(13)8-7-18(2)3/h4-6,9,14,20H,7-8H2,1-3H3. The maximum atomic E-state index is 10.6. The monoisotopic (exact) mass is 294 g/mol. The molecule has 0 aliphatic heterocycles. The van der Waals surface area contributed by atoms with Gasteiger partial charge in [-0.15, -0.1) is 0 Å². The fourth-order valence-electron chi connectivity index (χ4n) is 2.05. The van der Waals surface area contributed by atoms with E-state index in [2.05, 4.69) is 15.0 Å². The number of aromatic nitrogens is 3. The molecule has 0 saturated carbocycles. The molecule has 20 heavy (non-hydrogen) atoms. The number of likely N-dealkylation sites (N-methyl/N-ethyl adjacent to an activating group) is 1. The lowest BCUT2D eigenvalue weighted by Crippen LogP contribution is -2.21. The van der Waals surface area contributed by atoms with Gasteiger partial charge in [0.05, 0.1) is 23.5 Å². The average molecular weight is 295 g/mol. The molecule has 1 atom stereocenters. The van der Waals surface area contributed by atoms with Gasteiger partial charge < -0.3 is 10.0 Å². The van der Waals surface area contributed by atoms with Crippen LogP contribution >= 0.6 is 11.6 Å². The fourth-order valence-corrected chi connectivity index (χ4v) is 2.29. The van der Waals surface area contributed by atoms with E-state index >= 15 is 0 Å². The quantitative estimate of drug-likeness (QED) is 0.915. The van der Waals surface area contributed by atoms with Gasteiger partial charge in [0.1, 0.15) is 6.10 Å². The van der Waals surface area contributed by atoms with Crippen LogP contribution in [0.5, 0.6) is 0 Å². The largest absolute Gasteiger partial charge is 0.382 e. The lowest BCUT2D eigenvalue weighted by molar-refractivity contribution is 0.204. The number of aliphatic hydroxyl groups is 1. The summed E-state index contributed by atoms with van der Waals surface area (Å²) in [5, 5.41) is 15.3. The zero-order valence-electron chi connectivity index (χ0n) is 11.9. The number of aliphatic hydroxyl groups excluding tert-OH is 1. The molecular formula is C14H19ClN4O. The lowest BCUT2D eigenvalue weighted by Gasteiger charge is -2.17. The Kier molecular flexibility index (Phi) is 4.75. The van der Waals surface area contributed by atoms with Crippen LogP contribution in [0.1, 0.15) is 23.1 Å². The van der Waals surface area contributed by atoms with Crippen LogP contribution in [0, 0.1) is 6.92 Å². The summed E-state index contributed by atoms with van der Waals surface area (Å²) in [5.41, 5.74) is 2.15. The molecule has 2 aromatic heterocycles. The van der Waals surface area contributed by atoms with E-state index < -0.39 is 6.10 Å². The lowest BCUT2D eigenvalue weighted by atomic mass is 10.1. The Bertz CT molecular complexity index is 582. The Labute approximate surface area is 123 Å². The van der Waals surface area contributed by atoms with E-state index in [0.29, 0.717) is 17.3 Å². The number of aryl methyl sites for hydroxylation is 1. The van der Waals surface area contributed by atoms with Gasteiger partial charge in [-0.2, -0.15) is 5.10 Å². The number of pyridine rings is 1. The molecular weight excluding hydrogens is 276 g/mol. The van der Waals surface area contributed by atoms with Gasteiger partial charge in [-0.25, -0.2) is 0 Å². The minimum absolute atomic E-state index is 0.472. The van der Waals surface area contributed by atoms with Gasteiger partial charge in [-0.1, -0.05) is 17.7 Å². The van der Waals surface area contributed by atoms with Gasteiger partial charge in [0.25, 0.3) is 0 Å². The predicted octanol–water partition coefficient (Wildman–Crippen LogP) is 1.88. The molecule has 0 amide bonds. The summed E-state index contributed by atoms with van der Waals surface area (Å²) in [6.07, 6.45) is 2.46.